The van der Waals surface area contributed by atoms with Crippen LogP contribution in [0.4, 0.5) is 0 Å². The summed E-state index contributed by atoms with van der Waals surface area (Å²) in [6.07, 6.45) is 64.6. The molecule has 0 aromatic rings. The van der Waals surface area contributed by atoms with Crippen molar-refractivity contribution in [3.05, 3.63) is 24.3 Å². The molecule has 0 rings (SSSR count). The van der Waals surface area contributed by atoms with Crippen molar-refractivity contribution in [3.63, 3.8) is 0 Å². The van der Waals surface area contributed by atoms with Gasteiger partial charge in [0, 0.05) is 25.7 Å². The molecule has 5 atom stereocenters. The monoisotopic (exact) mass is 1460 g/mol. The minimum absolute atomic E-state index is 0.0846. The van der Waals surface area contributed by atoms with Gasteiger partial charge in [0.25, 0.3) is 0 Å². The second-order valence-electron chi connectivity index (χ2n) is 29.4. The molecular weight excluding hydrogens is 1310 g/mol. The van der Waals surface area contributed by atoms with Crippen molar-refractivity contribution >= 4 is 39.5 Å². The quantitative estimate of drug-likeness (QED) is 0.0169. The molecule has 0 spiro atoms. The first kappa shape index (κ1) is 97.5. The van der Waals surface area contributed by atoms with E-state index in [4.69, 9.17) is 37.0 Å². The molecule has 0 bridgehead atoms. The molecule has 19 heteroatoms. The van der Waals surface area contributed by atoms with Crippen LogP contribution < -0.4 is 0 Å². The van der Waals surface area contributed by atoms with Gasteiger partial charge in [-0.2, -0.15) is 0 Å². The minimum atomic E-state index is -4.97. The summed E-state index contributed by atoms with van der Waals surface area (Å²) in [5.74, 6) is -0.614. The number of allylic oxidation sites excluding steroid dienone is 4. The van der Waals surface area contributed by atoms with E-state index < -0.39 is 97.5 Å². The zero-order valence-electron chi connectivity index (χ0n) is 65.0. The molecule has 2 unspecified atom stereocenters. The number of carbonyl (C=O) groups is 4. The van der Waals surface area contributed by atoms with Gasteiger partial charge in [-0.05, 0) is 63.2 Å². The van der Waals surface area contributed by atoms with Gasteiger partial charge in [0.2, 0.25) is 0 Å². The van der Waals surface area contributed by atoms with Crippen LogP contribution in [0, 0.1) is 11.8 Å². The molecule has 0 aromatic heterocycles. The molecule has 0 aliphatic heterocycles. The predicted octanol–water partition coefficient (Wildman–Crippen LogP) is 23.8. The van der Waals surface area contributed by atoms with Crippen LogP contribution in [0.3, 0.4) is 0 Å². The fourth-order valence-corrected chi connectivity index (χ4v) is 13.6. The zero-order valence-corrected chi connectivity index (χ0v) is 66.8. The molecule has 100 heavy (non-hydrogen) atoms. The number of hydrogen-bond donors (Lipinski definition) is 3. The molecule has 3 N–H and O–H groups in total. The third kappa shape index (κ3) is 73.8. The van der Waals surface area contributed by atoms with Gasteiger partial charge >= 0.3 is 39.5 Å². The van der Waals surface area contributed by atoms with Crippen LogP contribution in [0.5, 0.6) is 0 Å². The van der Waals surface area contributed by atoms with Crippen LogP contribution >= 0.6 is 15.6 Å². The van der Waals surface area contributed by atoms with Gasteiger partial charge in [0.05, 0.1) is 26.4 Å². The Bertz CT molecular complexity index is 2020. The van der Waals surface area contributed by atoms with Crippen LogP contribution in [-0.4, -0.2) is 96.7 Å². The van der Waals surface area contributed by atoms with Crippen molar-refractivity contribution in [3.8, 4) is 0 Å². The fraction of sp³-hybridized carbons (Fsp3) is 0.901. The lowest BCUT2D eigenvalue weighted by atomic mass is 10.0. The molecule has 0 aliphatic rings. The third-order valence-electron chi connectivity index (χ3n) is 18.3. The Kier molecular flexibility index (Phi) is 70.3. The van der Waals surface area contributed by atoms with Crippen molar-refractivity contribution in [2.45, 2.75) is 419 Å². The van der Waals surface area contributed by atoms with Crippen molar-refractivity contribution in [2.24, 2.45) is 11.8 Å². The van der Waals surface area contributed by atoms with Gasteiger partial charge in [0.1, 0.15) is 19.3 Å². The smallest absolute Gasteiger partial charge is 0.462 e. The van der Waals surface area contributed by atoms with Gasteiger partial charge in [-0.1, -0.05) is 348 Å². The van der Waals surface area contributed by atoms with Crippen LogP contribution in [0.25, 0.3) is 0 Å². The van der Waals surface area contributed by atoms with Gasteiger partial charge in [0.15, 0.2) is 12.2 Å². The molecule has 17 nitrogen and oxygen atoms in total. The first-order valence-corrected chi connectivity index (χ1v) is 44.3. The topological polar surface area (TPSA) is 237 Å². The number of rotatable bonds is 78. The number of phosphoric acid groups is 2. The number of aliphatic hydroxyl groups excluding tert-OH is 1. The number of aliphatic hydroxyl groups is 1. The fourth-order valence-electron chi connectivity index (χ4n) is 12.0. The summed E-state index contributed by atoms with van der Waals surface area (Å²) >= 11 is 0. The van der Waals surface area contributed by atoms with Crippen LogP contribution in [-0.2, 0) is 65.4 Å². The Morgan fingerprint density at radius 3 is 0.820 bits per heavy atom. The Morgan fingerprint density at radius 1 is 0.310 bits per heavy atom. The Labute approximate surface area is 612 Å². The van der Waals surface area contributed by atoms with Gasteiger partial charge in [-0.3, -0.25) is 37.3 Å². The number of esters is 4. The standard InChI is InChI=1S/C81H154O17P2/c1-7-9-11-13-15-17-19-21-23-27-30-34-38-45-51-57-63-78(83)91-69-76(97-80(85)66-60-54-48-40-36-32-28-24-26-29-33-37-43-49-55-61-73(3)4)71-95-99(87,88)93-67-75(82)68-94-100(89,90)96-72-77(70-92-79(84)64-58-52-46-42-41-44-50-56-62-74(5)6)98-81(86)65-59-53-47-39-35-31-25-22-20-18-16-14-12-10-8-2/h18,20,22,25,73-77,82H,7-17,19,21,23-24,26-72H2,1-6H3,(H,87,88)(H,89,90)/b20-18-,25-22-/t75-,76-,77-/m1/s1. The van der Waals surface area contributed by atoms with Gasteiger partial charge in [-0.25, -0.2) is 9.13 Å². The highest BCUT2D eigenvalue weighted by molar-refractivity contribution is 7.47. The SMILES string of the molecule is CCCCCC/C=C\C=C/CCCCCCCC(=O)O[C@H](COC(=O)CCCCCCCCCCC(C)C)COP(=O)(O)OC[C@H](O)COP(=O)(O)OC[C@@H](COC(=O)CCCCCCCCCCCCCCCCCC)OC(=O)CCCCCCCCCCCCCCCCCC(C)C. The molecule has 0 radical (unpaired) electrons. The molecule has 0 heterocycles. The number of carbonyl (C=O) groups excluding carboxylic acids is 4. The molecule has 0 saturated heterocycles. The second-order valence-corrected chi connectivity index (χ2v) is 32.3. The zero-order chi connectivity index (χ0) is 73.5. The minimum Gasteiger partial charge on any atom is -0.462 e. The van der Waals surface area contributed by atoms with Gasteiger partial charge in [-0.15, -0.1) is 0 Å². The predicted molar refractivity (Wildman–Crippen MR) is 409 cm³/mol. The van der Waals surface area contributed by atoms with E-state index in [2.05, 4.69) is 65.8 Å². The Hall–Kier alpha value is -2.46. The summed E-state index contributed by atoms with van der Waals surface area (Å²) in [6.45, 7) is 9.56. The van der Waals surface area contributed by atoms with Crippen LogP contribution in [0.1, 0.15) is 401 Å². The van der Waals surface area contributed by atoms with Crippen molar-refractivity contribution in [1.29, 1.82) is 0 Å². The van der Waals surface area contributed by atoms with Crippen LogP contribution in [0.2, 0.25) is 0 Å². The summed E-state index contributed by atoms with van der Waals surface area (Å²) in [5.41, 5.74) is 0. The molecule has 590 valence electrons. The number of ether oxygens (including phenoxy) is 4. The van der Waals surface area contributed by atoms with E-state index in [1.54, 1.807) is 0 Å². The summed E-state index contributed by atoms with van der Waals surface area (Å²) < 4.78 is 68.7. The highest BCUT2D eigenvalue weighted by atomic mass is 31.2. The Morgan fingerprint density at radius 2 is 0.540 bits per heavy atom. The maximum atomic E-state index is 13.1. The maximum Gasteiger partial charge on any atom is 0.472 e. The molecule has 0 fully saturated rings. The maximum absolute atomic E-state index is 13.1. The first-order valence-electron chi connectivity index (χ1n) is 41.3. The number of hydrogen-bond acceptors (Lipinski definition) is 15. The van der Waals surface area contributed by atoms with E-state index in [1.807, 2.05) is 0 Å². The van der Waals surface area contributed by atoms with Gasteiger partial charge < -0.3 is 33.8 Å². The average molecular weight is 1460 g/mol. The van der Waals surface area contributed by atoms with Crippen LogP contribution in [0.15, 0.2) is 24.3 Å². The number of phosphoric ester groups is 2. The lowest BCUT2D eigenvalue weighted by molar-refractivity contribution is -0.161. The van der Waals surface area contributed by atoms with E-state index in [-0.39, 0.29) is 25.7 Å². The van der Waals surface area contributed by atoms with Crippen molar-refractivity contribution in [2.75, 3.05) is 39.6 Å². The lowest BCUT2D eigenvalue weighted by Crippen LogP contribution is -2.30. The molecule has 0 amide bonds. The molecule has 0 saturated carbocycles. The first-order chi connectivity index (χ1) is 48.4. The lowest BCUT2D eigenvalue weighted by Gasteiger charge is -2.21. The summed E-state index contributed by atoms with van der Waals surface area (Å²) in [5, 5.41) is 10.6. The second kappa shape index (κ2) is 72.1. The molecule has 0 aliphatic carbocycles. The normalized spacial score (nSPS) is 14.1. The highest BCUT2D eigenvalue weighted by Gasteiger charge is 2.30. The number of unbranched alkanes of at least 4 members (excludes halogenated alkanes) is 45. The van der Waals surface area contributed by atoms with E-state index in [1.165, 1.54) is 199 Å². The average Bonchev–Trinajstić information content (AvgIpc) is 0.919. The molecular formula is C81H154O17P2. The van der Waals surface area contributed by atoms with E-state index in [0.29, 0.717) is 25.7 Å². The van der Waals surface area contributed by atoms with E-state index in [9.17, 15) is 43.2 Å². The van der Waals surface area contributed by atoms with Crippen molar-refractivity contribution in [1.82, 2.24) is 0 Å². The summed E-state index contributed by atoms with van der Waals surface area (Å²) in [4.78, 5) is 73.0. The largest absolute Gasteiger partial charge is 0.472 e. The summed E-state index contributed by atoms with van der Waals surface area (Å²) in [6, 6.07) is 0. The summed E-state index contributed by atoms with van der Waals surface area (Å²) in [7, 11) is -9.93. The van der Waals surface area contributed by atoms with E-state index in [0.717, 1.165) is 121 Å². The molecule has 0 aromatic carbocycles. The Balaban J connectivity index is 5.29. The third-order valence-corrected chi connectivity index (χ3v) is 20.2. The highest BCUT2D eigenvalue weighted by Crippen LogP contribution is 2.45. The van der Waals surface area contributed by atoms with E-state index >= 15 is 0 Å². The van der Waals surface area contributed by atoms with Crippen molar-refractivity contribution < 1.29 is 80.2 Å².